The summed E-state index contributed by atoms with van der Waals surface area (Å²) < 4.78 is 0. The Morgan fingerprint density at radius 2 is 2.23 bits per heavy atom. The molecule has 4 nitrogen and oxygen atoms in total. The molecule has 0 saturated carbocycles. The maximum absolute atomic E-state index is 7.18. The van der Waals surface area contributed by atoms with Gasteiger partial charge in [-0.15, -0.1) is 0 Å². The molecule has 70 valence electrons. The van der Waals surface area contributed by atoms with Gasteiger partial charge in [-0.3, -0.25) is 5.10 Å². The summed E-state index contributed by atoms with van der Waals surface area (Å²) in [6.45, 7) is 5.82. The van der Waals surface area contributed by atoms with Crippen LogP contribution in [0.25, 0.3) is 6.08 Å². The average molecular weight is 178 g/mol. The molecule has 13 heavy (non-hydrogen) atoms. The number of rotatable bonds is 3. The molecule has 0 radical (unpaired) electrons. The molecule has 1 rings (SSSR count). The van der Waals surface area contributed by atoms with Crippen molar-refractivity contribution in [2.24, 2.45) is 0 Å². The Balaban J connectivity index is 2.75. The van der Waals surface area contributed by atoms with Crippen molar-refractivity contribution in [3.05, 3.63) is 17.7 Å². The highest BCUT2D eigenvalue weighted by atomic mass is 15.2. The van der Waals surface area contributed by atoms with Crippen LogP contribution in [0, 0.1) is 5.41 Å². The zero-order chi connectivity index (χ0) is 9.84. The highest BCUT2D eigenvalue weighted by Gasteiger charge is 2.03. The van der Waals surface area contributed by atoms with Crippen LogP contribution in [0.15, 0.2) is 6.08 Å². The topological polar surface area (TPSA) is 65.4 Å². The third-order valence-electron chi connectivity index (χ3n) is 1.55. The molecule has 0 atom stereocenters. The Kier molecular flexibility index (Phi) is 2.95. The molecule has 0 aliphatic heterocycles. The van der Waals surface area contributed by atoms with E-state index in [0.717, 1.165) is 5.82 Å². The van der Waals surface area contributed by atoms with Crippen LogP contribution in [-0.2, 0) is 0 Å². The van der Waals surface area contributed by atoms with Gasteiger partial charge in [0.1, 0.15) is 5.82 Å². The number of nitrogens with one attached hydrogen (secondary N) is 2. The van der Waals surface area contributed by atoms with Gasteiger partial charge in [0, 0.05) is 11.6 Å². The van der Waals surface area contributed by atoms with Crippen LogP contribution in [0.3, 0.4) is 0 Å². The molecular weight excluding hydrogens is 164 g/mol. The van der Waals surface area contributed by atoms with Crippen LogP contribution in [0.5, 0.6) is 0 Å². The van der Waals surface area contributed by atoms with E-state index in [2.05, 4.69) is 29.0 Å². The molecule has 1 aromatic heterocycles. The third kappa shape index (κ3) is 2.82. The second kappa shape index (κ2) is 3.98. The monoisotopic (exact) mass is 178 g/mol. The van der Waals surface area contributed by atoms with E-state index in [9.17, 15) is 0 Å². The Morgan fingerprint density at radius 3 is 2.69 bits per heavy atom. The molecule has 4 heteroatoms. The van der Waals surface area contributed by atoms with Gasteiger partial charge in [0.15, 0.2) is 5.82 Å². The third-order valence-corrected chi connectivity index (χ3v) is 1.55. The zero-order valence-corrected chi connectivity index (χ0v) is 8.13. The summed E-state index contributed by atoms with van der Waals surface area (Å²) in [6.07, 6.45) is 3.40. The predicted molar refractivity (Wildman–Crippen MR) is 52.9 cm³/mol. The Hall–Kier alpha value is -1.45. The molecular formula is C9H14N4. The van der Waals surface area contributed by atoms with Gasteiger partial charge in [0.2, 0.25) is 0 Å². The maximum Gasteiger partial charge on any atom is 0.173 e. The number of hydrogen-bond donors (Lipinski definition) is 2. The minimum Gasteiger partial charge on any atom is -0.306 e. The summed E-state index contributed by atoms with van der Waals surface area (Å²) in [4.78, 5) is 4.23. The summed E-state index contributed by atoms with van der Waals surface area (Å²) in [7, 11) is 0. The maximum atomic E-state index is 7.18. The van der Waals surface area contributed by atoms with Crippen LogP contribution in [-0.4, -0.2) is 20.9 Å². The molecule has 1 aromatic rings. The van der Waals surface area contributed by atoms with Crippen LogP contribution >= 0.6 is 0 Å². The van der Waals surface area contributed by atoms with Gasteiger partial charge in [-0.2, -0.15) is 5.10 Å². The lowest BCUT2D eigenvalue weighted by atomic mass is 10.2. The predicted octanol–water partition coefficient (Wildman–Crippen LogP) is 1.98. The van der Waals surface area contributed by atoms with Crippen LogP contribution < -0.4 is 0 Å². The van der Waals surface area contributed by atoms with Gasteiger partial charge in [0.05, 0.1) is 0 Å². The first-order chi connectivity index (χ1) is 6.09. The van der Waals surface area contributed by atoms with Crippen molar-refractivity contribution in [3.8, 4) is 0 Å². The lowest BCUT2D eigenvalue weighted by molar-refractivity contribution is 0.781. The van der Waals surface area contributed by atoms with Crippen molar-refractivity contribution < 1.29 is 0 Å². The molecule has 0 aliphatic carbocycles. The normalized spacial score (nSPS) is 11.4. The fraction of sp³-hybridized carbons (Fsp3) is 0.444. The van der Waals surface area contributed by atoms with Crippen molar-refractivity contribution in [2.45, 2.75) is 26.7 Å². The largest absolute Gasteiger partial charge is 0.306 e. The van der Waals surface area contributed by atoms with E-state index in [1.165, 1.54) is 0 Å². The quantitative estimate of drug-likeness (QED) is 0.695. The molecule has 0 saturated heterocycles. The van der Waals surface area contributed by atoms with Crippen LogP contribution in [0.4, 0.5) is 0 Å². The summed E-state index contributed by atoms with van der Waals surface area (Å²) in [6, 6.07) is 0. The van der Waals surface area contributed by atoms with E-state index < -0.39 is 0 Å². The molecule has 0 spiro atoms. The molecule has 1 heterocycles. The van der Waals surface area contributed by atoms with Gasteiger partial charge in [-0.25, -0.2) is 4.98 Å². The fourth-order valence-electron chi connectivity index (χ4n) is 0.820. The molecule has 0 amide bonds. The van der Waals surface area contributed by atoms with E-state index in [0.29, 0.717) is 17.5 Å². The molecule has 0 fully saturated rings. The summed E-state index contributed by atoms with van der Waals surface area (Å²) >= 11 is 0. The average Bonchev–Trinajstić information content (AvgIpc) is 2.48. The number of H-pyrrole nitrogens is 1. The molecule has 0 unspecified atom stereocenters. The van der Waals surface area contributed by atoms with Crippen LogP contribution in [0.2, 0.25) is 0 Å². The molecule has 0 bridgehead atoms. The molecule has 0 aromatic carbocycles. The standard InChI is InChI=1S/C9H14N4/c1-6(2)9-11-8(12-13-9)5-4-7(3)10/h4-6,10H,1-3H3,(H,11,12,13)/b5-4-,10-7?. The van der Waals surface area contributed by atoms with Gasteiger partial charge < -0.3 is 5.41 Å². The first-order valence-corrected chi connectivity index (χ1v) is 4.25. The summed E-state index contributed by atoms with van der Waals surface area (Å²) in [5, 5.41) is 14.0. The van der Waals surface area contributed by atoms with E-state index in [1.54, 1.807) is 19.1 Å². The highest BCUT2D eigenvalue weighted by molar-refractivity contribution is 5.93. The number of aromatic nitrogens is 3. The highest BCUT2D eigenvalue weighted by Crippen LogP contribution is 2.07. The summed E-state index contributed by atoms with van der Waals surface area (Å²) in [5.74, 6) is 1.87. The lowest BCUT2D eigenvalue weighted by Crippen LogP contribution is -1.89. The molecule has 0 aliphatic rings. The number of hydrogen-bond acceptors (Lipinski definition) is 3. The zero-order valence-electron chi connectivity index (χ0n) is 8.13. The SMILES string of the molecule is CC(=N)/C=C\c1n[nH]c(C(C)C)n1. The Morgan fingerprint density at radius 1 is 1.54 bits per heavy atom. The smallest absolute Gasteiger partial charge is 0.173 e. The van der Waals surface area contributed by atoms with E-state index in [4.69, 9.17) is 5.41 Å². The van der Waals surface area contributed by atoms with Crippen molar-refractivity contribution in [1.29, 1.82) is 5.41 Å². The first-order valence-electron chi connectivity index (χ1n) is 4.25. The van der Waals surface area contributed by atoms with Crippen molar-refractivity contribution >= 4 is 11.8 Å². The lowest BCUT2D eigenvalue weighted by Gasteiger charge is -1.94. The number of nitrogens with zero attached hydrogens (tertiary/aromatic N) is 2. The van der Waals surface area contributed by atoms with Gasteiger partial charge in [-0.1, -0.05) is 13.8 Å². The number of aromatic amines is 1. The molecule has 2 N–H and O–H groups in total. The summed E-state index contributed by atoms with van der Waals surface area (Å²) in [5.41, 5.74) is 0.496. The van der Waals surface area contributed by atoms with Gasteiger partial charge in [-0.05, 0) is 19.1 Å². The van der Waals surface area contributed by atoms with E-state index in [-0.39, 0.29) is 0 Å². The minimum atomic E-state index is 0.357. The van der Waals surface area contributed by atoms with Crippen molar-refractivity contribution in [1.82, 2.24) is 15.2 Å². The van der Waals surface area contributed by atoms with Crippen LogP contribution in [0.1, 0.15) is 38.3 Å². The van der Waals surface area contributed by atoms with Crippen molar-refractivity contribution in [3.63, 3.8) is 0 Å². The minimum absolute atomic E-state index is 0.357. The fourth-order valence-corrected chi connectivity index (χ4v) is 0.820. The van der Waals surface area contributed by atoms with Gasteiger partial charge >= 0.3 is 0 Å². The Bertz CT molecular complexity index is 322. The second-order valence-corrected chi connectivity index (χ2v) is 3.25. The van der Waals surface area contributed by atoms with Crippen molar-refractivity contribution in [2.75, 3.05) is 0 Å². The van der Waals surface area contributed by atoms with E-state index >= 15 is 0 Å². The number of allylic oxidation sites excluding steroid dienone is 1. The van der Waals surface area contributed by atoms with E-state index in [1.807, 2.05) is 0 Å². The van der Waals surface area contributed by atoms with Gasteiger partial charge in [0.25, 0.3) is 0 Å². The first kappa shape index (κ1) is 9.64. The Labute approximate surface area is 77.6 Å². The second-order valence-electron chi connectivity index (χ2n) is 3.25.